The number of pyridine rings is 1. The van der Waals surface area contributed by atoms with Crippen molar-refractivity contribution in [3.05, 3.63) is 39.0 Å². The maximum absolute atomic E-state index is 6.54. The van der Waals surface area contributed by atoms with Crippen molar-refractivity contribution in [2.45, 2.75) is 32.6 Å². The van der Waals surface area contributed by atoms with Crippen LogP contribution in [-0.2, 0) is 12.8 Å². The van der Waals surface area contributed by atoms with Gasteiger partial charge in [0.1, 0.15) is 0 Å². The molecule has 1 nitrogen and oxygen atoms in total. The predicted octanol–water partition coefficient (Wildman–Crippen LogP) is 2.38. The van der Waals surface area contributed by atoms with Crippen molar-refractivity contribution in [1.29, 1.82) is 0 Å². The van der Waals surface area contributed by atoms with Gasteiger partial charge in [-0.2, -0.15) is 0 Å². The molecule has 0 spiro atoms. The van der Waals surface area contributed by atoms with E-state index in [-0.39, 0.29) is 0 Å². The van der Waals surface area contributed by atoms with Crippen LogP contribution in [-0.4, -0.2) is 4.98 Å². The van der Waals surface area contributed by atoms with Crippen LogP contribution in [0.2, 0.25) is 5.02 Å². The lowest BCUT2D eigenvalue weighted by Gasteiger charge is -2.16. The van der Waals surface area contributed by atoms with Crippen LogP contribution in [0.5, 0.6) is 0 Å². The number of allylic oxidation sites excluding steroid dienone is 2. The molecular formula is C15H16ClN. The minimum atomic E-state index is 0.428. The fraction of sp³-hybridized carbons (Fsp3) is 0.400. The van der Waals surface area contributed by atoms with Crippen molar-refractivity contribution in [2.24, 2.45) is 5.92 Å². The highest BCUT2D eigenvalue weighted by molar-refractivity contribution is 6.31. The number of halogens is 1. The fourth-order valence-corrected chi connectivity index (χ4v) is 3.01. The van der Waals surface area contributed by atoms with Gasteiger partial charge in [-0.1, -0.05) is 42.8 Å². The lowest BCUT2D eigenvalue weighted by molar-refractivity contribution is 0.664. The molecule has 0 aliphatic heterocycles. The van der Waals surface area contributed by atoms with Gasteiger partial charge in [-0.05, 0) is 37.2 Å². The number of hydrogen-bond acceptors (Lipinski definition) is 1. The second kappa shape index (κ2) is 4.30. The van der Waals surface area contributed by atoms with Crippen molar-refractivity contribution in [3.63, 3.8) is 0 Å². The average Bonchev–Trinajstić information content (AvgIpc) is 2.51. The molecule has 0 bridgehead atoms. The van der Waals surface area contributed by atoms with E-state index in [1.807, 2.05) is 0 Å². The van der Waals surface area contributed by atoms with Crippen LogP contribution in [0.15, 0.2) is 12.2 Å². The Balaban J connectivity index is 2.34. The first-order chi connectivity index (χ1) is 8.25. The highest BCUT2D eigenvalue weighted by atomic mass is 35.5. The Morgan fingerprint density at radius 3 is 3.00 bits per heavy atom. The molecule has 17 heavy (non-hydrogen) atoms. The van der Waals surface area contributed by atoms with Gasteiger partial charge in [-0.3, -0.25) is 4.98 Å². The smallest absolute Gasteiger partial charge is 0.0686 e. The van der Waals surface area contributed by atoms with Crippen molar-refractivity contribution in [3.8, 4) is 0 Å². The Hall–Kier alpha value is -1.08. The van der Waals surface area contributed by atoms with E-state index in [9.17, 15) is 0 Å². The van der Waals surface area contributed by atoms with E-state index in [0.29, 0.717) is 5.92 Å². The third-order valence-electron chi connectivity index (χ3n) is 3.57. The minimum Gasteiger partial charge on any atom is -0.253 e. The van der Waals surface area contributed by atoms with E-state index in [1.165, 1.54) is 24.1 Å². The van der Waals surface area contributed by atoms with E-state index in [1.54, 1.807) is 0 Å². The van der Waals surface area contributed by atoms with E-state index in [4.69, 9.17) is 16.6 Å². The number of aryl methyl sites for hydroxylation is 1. The molecule has 0 radical (unpaired) electrons. The maximum atomic E-state index is 6.54. The Morgan fingerprint density at radius 2 is 2.12 bits per heavy atom. The van der Waals surface area contributed by atoms with Crippen LogP contribution in [0.25, 0.3) is 12.2 Å². The van der Waals surface area contributed by atoms with Crippen molar-refractivity contribution >= 4 is 23.8 Å². The van der Waals surface area contributed by atoms with Gasteiger partial charge in [0.2, 0.25) is 0 Å². The average molecular weight is 246 g/mol. The van der Waals surface area contributed by atoms with Crippen LogP contribution in [0.4, 0.5) is 0 Å². The summed E-state index contributed by atoms with van der Waals surface area (Å²) in [7, 11) is 0. The molecule has 0 N–H and O–H groups in total. The van der Waals surface area contributed by atoms with Gasteiger partial charge < -0.3 is 0 Å². The molecule has 1 aromatic heterocycles. The number of hydrogen-bond donors (Lipinski definition) is 0. The fourth-order valence-electron chi connectivity index (χ4n) is 2.65. The summed E-state index contributed by atoms with van der Waals surface area (Å²) in [6.07, 6.45) is 13.2. The molecule has 3 rings (SSSR count). The predicted molar refractivity (Wildman–Crippen MR) is 72.4 cm³/mol. The van der Waals surface area contributed by atoms with E-state index >= 15 is 0 Å². The summed E-state index contributed by atoms with van der Waals surface area (Å²) in [4.78, 5) is 4.81. The van der Waals surface area contributed by atoms with Crippen molar-refractivity contribution in [1.82, 2.24) is 4.98 Å². The first-order valence-electron chi connectivity index (χ1n) is 6.33. The van der Waals surface area contributed by atoms with Gasteiger partial charge in [-0.15, -0.1) is 0 Å². The van der Waals surface area contributed by atoms with Crippen LogP contribution in [0.3, 0.4) is 0 Å². The topological polar surface area (TPSA) is 12.9 Å². The SMILES string of the molecule is CC1C=CC=c2c(Cl)c3c(nc2=C1)CCCC3. The number of nitrogens with zero attached hydrogens (tertiary/aromatic N) is 1. The van der Waals surface area contributed by atoms with Crippen LogP contribution < -0.4 is 10.6 Å². The van der Waals surface area contributed by atoms with Crippen LogP contribution in [0, 0.1) is 5.92 Å². The van der Waals surface area contributed by atoms with Gasteiger partial charge >= 0.3 is 0 Å². The Bertz CT molecular complexity index is 598. The van der Waals surface area contributed by atoms with Crippen LogP contribution >= 0.6 is 11.6 Å². The summed E-state index contributed by atoms with van der Waals surface area (Å²) < 4.78 is 0. The summed E-state index contributed by atoms with van der Waals surface area (Å²) in [6.45, 7) is 2.18. The normalized spacial score (nSPS) is 21.9. The molecule has 2 aliphatic rings. The molecule has 1 unspecified atom stereocenters. The molecule has 0 aromatic carbocycles. The second-order valence-electron chi connectivity index (χ2n) is 4.93. The first-order valence-corrected chi connectivity index (χ1v) is 6.71. The van der Waals surface area contributed by atoms with Gasteiger partial charge in [0.25, 0.3) is 0 Å². The van der Waals surface area contributed by atoms with E-state index in [0.717, 1.165) is 28.4 Å². The zero-order chi connectivity index (χ0) is 11.8. The van der Waals surface area contributed by atoms with Gasteiger partial charge in [0.15, 0.2) is 0 Å². The lowest BCUT2D eigenvalue weighted by Crippen LogP contribution is -2.33. The summed E-state index contributed by atoms with van der Waals surface area (Å²) >= 11 is 6.54. The van der Waals surface area contributed by atoms with Gasteiger partial charge in [0, 0.05) is 10.9 Å². The highest BCUT2D eigenvalue weighted by Gasteiger charge is 2.15. The van der Waals surface area contributed by atoms with Crippen molar-refractivity contribution in [2.75, 3.05) is 0 Å². The molecule has 0 fully saturated rings. The number of rotatable bonds is 0. The highest BCUT2D eigenvalue weighted by Crippen LogP contribution is 2.23. The molecular weight excluding hydrogens is 230 g/mol. The molecule has 0 amide bonds. The second-order valence-corrected chi connectivity index (χ2v) is 5.31. The first kappa shape index (κ1) is 11.0. The number of fused-ring (bicyclic) bond motifs is 2. The lowest BCUT2D eigenvalue weighted by atomic mass is 9.95. The molecule has 2 aliphatic carbocycles. The third-order valence-corrected chi connectivity index (χ3v) is 4.00. The quantitative estimate of drug-likeness (QED) is 0.684. The summed E-state index contributed by atoms with van der Waals surface area (Å²) in [5, 5.41) is 3.10. The van der Waals surface area contributed by atoms with E-state index in [2.05, 4.69) is 31.2 Å². The summed E-state index contributed by atoms with van der Waals surface area (Å²) in [5.74, 6) is 0.428. The van der Waals surface area contributed by atoms with Gasteiger partial charge in [0.05, 0.1) is 10.4 Å². The monoisotopic (exact) mass is 245 g/mol. The van der Waals surface area contributed by atoms with E-state index < -0.39 is 0 Å². The molecule has 1 atom stereocenters. The van der Waals surface area contributed by atoms with Crippen molar-refractivity contribution < 1.29 is 0 Å². The Morgan fingerprint density at radius 1 is 1.29 bits per heavy atom. The van der Waals surface area contributed by atoms with Crippen LogP contribution in [0.1, 0.15) is 31.0 Å². The molecule has 88 valence electrons. The minimum absolute atomic E-state index is 0.428. The zero-order valence-electron chi connectivity index (χ0n) is 10.0. The zero-order valence-corrected chi connectivity index (χ0v) is 10.8. The molecule has 2 heteroatoms. The number of aromatic nitrogens is 1. The largest absolute Gasteiger partial charge is 0.253 e. The Kier molecular flexibility index (Phi) is 2.79. The standard InChI is InChI=1S/C15H16ClN/c1-10-5-4-7-12-14(9-10)17-13-8-3-2-6-11(13)15(12)16/h4-5,7,9-10H,2-3,6,8H2,1H3. The molecule has 0 saturated heterocycles. The molecule has 1 heterocycles. The summed E-state index contributed by atoms with van der Waals surface area (Å²) in [5.41, 5.74) is 2.50. The molecule has 0 saturated carbocycles. The Labute approximate surface area is 107 Å². The summed E-state index contributed by atoms with van der Waals surface area (Å²) in [6, 6.07) is 0. The molecule has 1 aromatic rings. The third kappa shape index (κ3) is 1.93. The van der Waals surface area contributed by atoms with Gasteiger partial charge in [-0.25, -0.2) is 0 Å². The maximum Gasteiger partial charge on any atom is 0.0686 e.